The molecule has 0 aromatic rings. The van der Waals surface area contributed by atoms with Gasteiger partial charge in [0.05, 0.1) is 0 Å². The van der Waals surface area contributed by atoms with E-state index < -0.39 is 0 Å². The summed E-state index contributed by atoms with van der Waals surface area (Å²) >= 11 is 0. The van der Waals surface area contributed by atoms with Crippen LogP contribution in [0.1, 0.15) is 51.4 Å². The molecule has 110 valence electrons. The van der Waals surface area contributed by atoms with Crippen molar-refractivity contribution >= 4 is 18.3 Å². The summed E-state index contributed by atoms with van der Waals surface area (Å²) in [5.74, 6) is 1.27. The van der Waals surface area contributed by atoms with Gasteiger partial charge in [-0.15, -0.1) is 12.4 Å². The first-order valence-corrected chi connectivity index (χ1v) is 7.76. The van der Waals surface area contributed by atoms with Crippen molar-refractivity contribution in [3.63, 3.8) is 0 Å². The molecular formula is C15H27ClN2O. The Morgan fingerprint density at radius 1 is 1.26 bits per heavy atom. The fraction of sp³-hybridized carbons (Fsp3) is 0.933. The molecule has 1 spiro atoms. The fourth-order valence-electron chi connectivity index (χ4n) is 4.08. The lowest BCUT2D eigenvalue weighted by Gasteiger charge is -2.23. The van der Waals surface area contributed by atoms with Crippen LogP contribution >= 0.6 is 12.4 Å². The molecule has 19 heavy (non-hydrogen) atoms. The van der Waals surface area contributed by atoms with Crippen molar-refractivity contribution in [3.8, 4) is 0 Å². The SMILES string of the molecule is Cl.O=C(CCC1CCCC1)N1CCC2(CCNC2)C1. The van der Waals surface area contributed by atoms with Gasteiger partial charge in [-0.1, -0.05) is 25.7 Å². The van der Waals surface area contributed by atoms with E-state index in [-0.39, 0.29) is 12.4 Å². The minimum absolute atomic E-state index is 0. The summed E-state index contributed by atoms with van der Waals surface area (Å²) in [7, 11) is 0. The van der Waals surface area contributed by atoms with Gasteiger partial charge in [-0.25, -0.2) is 0 Å². The molecule has 3 aliphatic rings. The van der Waals surface area contributed by atoms with Crippen molar-refractivity contribution in [1.29, 1.82) is 0 Å². The lowest BCUT2D eigenvalue weighted by molar-refractivity contribution is -0.130. The summed E-state index contributed by atoms with van der Waals surface area (Å²) in [6, 6.07) is 0. The van der Waals surface area contributed by atoms with Gasteiger partial charge in [0.2, 0.25) is 5.91 Å². The van der Waals surface area contributed by atoms with Crippen LogP contribution in [0.5, 0.6) is 0 Å². The maximum absolute atomic E-state index is 12.2. The molecule has 1 amide bonds. The van der Waals surface area contributed by atoms with E-state index in [0.717, 1.165) is 44.9 Å². The lowest BCUT2D eigenvalue weighted by atomic mass is 9.86. The second-order valence-corrected chi connectivity index (χ2v) is 6.68. The molecule has 0 aromatic carbocycles. The van der Waals surface area contributed by atoms with Crippen LogP contribution in [-0.4, -0.2) is 37.0 Å². The average Bonchev–Trinajstić information content (AvgIpc) is 3.10. The van der Waals surface area contributed by atoms with Gasteiger partial charge in [-0.05, 0) is 31.7 Å². The highest BCUT2D eigenvalue weighted by molar-refractivity contribution is 5.85. The van der Waals surface area contributed by atoms with E-state index in [4.69, 9.17) is 0 Å². The zero-order chi connectivity index (χ0) is 12.4. The maximum Gasteiger partial charge on any atom is 0.222 e. The van der Waals surface area contributed by atoms with Gasteiger partial charge in [0, 0.05) is 31.5 Å². The third-order valence-corrected chi connectivity index (χ3v) is 5.36. The summed E-state index contributed by atoms with van der Waals surface area (Å²) < 4.78 is 0. The van der Waals surface area contributed by atoms with Crippen LogP contribution in [-0.2, 0) is 4.79 Å². The van der Waals surface area contributed by atoms with Crippen molar-refractivity contribution in [3.05, 3.63) is 0 Å². The number of carbonyl (C=O) groups excluding carboxylic acids is 1. The van der Waals surface area contributed by atoms with E-state index in [9.17, 15) is 4.79 Å². The number of nitrogens with zero attached hydrogens (tertiary/aromatic N) is 1. The van der Waals surface area contributed by atoms with Gasteiger partial charge in [0.15, 0.2) is 0 Å². The largest absolute Gasteiger partial charge is 0.342 e. The first-order valence-electron chi connectivity index (χ1n) is 7.76. The number of hydrogen-bond acceptors (Lipinski definition) is 2. The van der Waals surface area contributed by atoms with Gasteiger partial charge in [0.1, 0.15) is 0 Å². The molecule has 1 aliphatic carbocycles. The van der Waals surface area contributed by atoms with Crippen LogP contribution in [0.4, 0.5) is 0 Å². The number of hydrogen-bond donors (Lipinski definition) is 1. The molecule has 3 fully saturated rings. The molecule has 1 unspecified atom stereocenters. The van der Waals surface area contributed by atoms with Crippen LogP contribution in [0.2, 0.25) is 0 Å². The normalized spacial score (nSPS) is 31.1. The Balaban J connectivity index is 0.00000133. The van der Waals surface area contributed by atoms with E-state index in [1.54, 1.807) is 0 Å². The third kappa shape index (κ3) is 3.43. The highest BCUT2D eigenvalue weighted by Crippen LogP contribution is 2.36. The molecule has 3 nitrogen and oxygen atoms in total. The van der Waals surface area contributed by atoms with Crippen LogP contribution in [0.3, 0.4) is 0 Å². The lowest BCUT2D eigenvalue weighted by Crippen LogP contribution is -2.33. The number of rotatable bonds is 3. The highest BCUT2D eigenvalue weighted by Gasteiger charge is 2.41. The smallest absolute Gasteiger partial charge is 0.222 e. The third-order valence-electron chi connectivity index (χ3n) is 5.36. The molecule has 1 atom stereocenters. The molecular weight excluding hydrogens is 260 g/mol. The monoisotopic (exact) mass is 286 g/mol. The Labute approximate surface area is 122 Å². The maximum atomic E-state index is 12.2. The van der Waals surface area contributed by atoms with Gasteiger partial charge < -0.3 is 10.2 Å². The van der Waals surface area contributed by atoms with Crippen molar-refractivity contribution in [1.82, 2.24) is 10.2 Å². The van der Waals surface area contributed by atoms with Crippen LogP contribution in [0, 0.1) is 11.3 Å². The van der Waals surface area contributed by atoms with E-state index >= 15 is 0 Å². The zero-order valence-electron chi connectivity index (χ0n) is 11.8. The molecule has 0 aromatic heterocycles. The summed E-state index contributed by atoms with van der Waals surface area (Å²) in [5, 5.41) is 3.45. The quantitative estimate of drug-likeness (QED) is 0.865. The Hall–Kier alpha value is -0.280. The van der Waals surface area contributed by atoms with Crippen molar-refractivity contribution in [2.45, 2.75) is 51.4 Å². The number of nitrogens with one attached hydrogen (secondary N) is 1. The second-order valence-electron chi connectivity index (χ2n) is 6.68. The molecule has 2 saturated heterocycles. The predicted octanol–water partition coefficient (Wildman–Crippen LogP) is 2.59. The van der Waals surface area contributed by atoms with Gasteiger partial charge >= 0.3 is 0 Å². The molecule has 3 rings (SSSR count). The standard InChI is InChI=1S/C15H26N2O.ClH/c18-14(6-5-13-3-1-2-4-13)17-10-8-15(12-17)7-9-16-11-15;/h13,16H,1-12H2;1H. The van der Waals surface area contributed by atoms with Crippen LogP contribution < -0.4 is 5.32 Å². The predicted molar refractivity (Wildman–Crippen MR) is 79.6 cm³/mol. The van der Waals surface area contributed by atoms with Crippen molar-refractivity contribution in [2.24, 2.45) is 11.3 Å². The zero-order valence-corrected chi connectivity index (χ0v) is 12.6. The molecule has 0 radical (unpaired) electrons. The van der Waals surface area contributed by atoms with E-state index in [1.807, 2.05) is 0 Å². The fourth-order valence-corrected chi connectivity index (χ4v) is 4.08. The molecule has 1 saturated carbocycles. The van der Waals surface area contributed by atoms with Crippen molar-refractivity contribution in [2.75, 3.05) is 26.2 Å². The van der Waals surface area contributed by atoms with Crippen molar-refractivity contribution < 1.29 is 4.79 Å². The number of amides is 1. The Morgan fingerprint density at radius 3 is 2.74 bits per heavy atom. The molecule has 2 aliphatic heterocycles. The second kappa shape index (κ2) is 6.45. The summed E-state index contributed by atoms with van der Waals surface area (Å²) in [6.45, 7) is 4.29. The Morgan fingerprint density at radius 2 is 2.05 bits per heavy atom. The van der Waals surface area contributed by atoms with Crippen LogP contribution in [0.25, 0.3) is 0 Å². The molecule has 1 N–H and O–H groups in total. The number of carbonyl (C=O) groups is 1. The van der Waals surface area contributed by atoms with E-state index in [2.05, 4.69) is 10.2 Å². The topological polar surface area (TPSA) is 32.3 Å². The highest BCUT2D eigenvalue weighted by atomic mass is 35.5. The minimum atomic E-state index is 0. The minimum Gasteiger partial charge on any atom is -0.342 e. The molecule has 0 bridgehead atoms. The average molecular weight is 287 g/mol. The Kier molecular flexibility index (Phi) is 5.13. The van der Waals surface area contributed by atoms with Crippen LogP contribution in [0.15, 0.2) is 0 Å². The Bertz CT molecular complexity index is 309. The molecule has 2 heterocycles. The number of likely N-dealkylation sites (tertiary alicyclic amines) is 1. The van der Waals surface area contributed by atoms with E-state index in [1.165, 1.54) is 38.5 Å². The first-order chi connectivity index (χ1) is 8.77. The first kappa shape index (κ1) is 15.1. The number of halogens is 1. The van der Waals surface area contributed by atoms with Gasteiger partial charge in [0.25, 0.3) is 0 Å². The van der Waals surface area contributed by atoms with E-state index in [0.29, 0.717) is 11.3 Å². The summed E-state index contributed by atoms with van der Waals surface area (Å²) in [4.78, 5) is 14.4. The summed E-state index contributed by atoms with van der Waals surface area (Å²) in [6.07, 6.45) is 9.92. The summed E-state index contributed by atoms with van der Waals surface area (Å²) in [5.41, 5.74) is 0.434. The van der Waals surface area contributed by atoms with Gasteiger partial charge in [-0.2, -0.15) is 0 Å². The molecule has 4 heteroatoms. The van der Waals surface area contributed by atoms with Gasteiger partial charge in [-0.3, -0.25) is 4.79 Å².